The van der Waals surface area contributed by atoms with E-state index < -0.39 is 0 Å². The smallest absolute Gasteiger partial charge is 0.271 e. The molecule has 0 aliphatic rings. The van der Waals surface area contributed by atoms with Gasteiger partial charge in [0.15, 0.2) is 0 Å². The number of nitrogens with zero attached hydrogens (tertiary/aromatic N) is 1. The Kier molecular flexibility index (Phi) is 5.11. The molecule has 1 heterocycles. The number of benzene rings is 1. The van der Waals surface area contributed by atoms with Gasteiger partial charge in [0, 0.05) is 23.7 Å². The minimum atomic E-state index is -0.238. The van der Waals surface area contributed by atoms with Gasteiger partial charge in [-0.05, 0) is 19.4 Å². The summed E-state index contributed by atoms with van der Waals surface area (Å²) in [6.07, 6.45) is 0.524. The lowest BCUT2D eigenvalue weighted by molar-refractivity contribution is 0.0947. The fourth-order valence-corrected chi connectivity index (χ4v) is 3.02. The average molecular weight is 311 g/mol. The Morgan fingerprint density at radius 2 is 2.20 bits per heavy atom. The first-order chi connectivity index (χ1) is 9.63. The summed E-state index contributed by atoms with van der Waals surface area (Å²) in [5.74, 6) is -0.238. The maximum atomic E-state index is 12.1. The molecule has 0 radical (unpaired) electrons. The van der Waals surface area contributed by atoms with Crippen LogP contribution in [-0.4, -0.2) is 29.1 Å². The fourth-order valence-electron chi connectivity index (χ4n) is 1.77. The van der Waals surface area contributed by atoms with Crippen LogP contribution in [0.2, 0.25) is 5.02 Å². The summed E-state index contributed by atoms with van der Waals surface area (Å²) >= 11 is 7.63. The Labute approximate surface area is 126 Å². The molecular formula is C14H15ClN2O2S. The first-order valence-electron chi connectivity index (χ1n) is 6.25. The molecule has 0 fully saturated rings. The number of amides is 1. The average Bonchev–Trinajstić information content (AvgIpc) is 2.81. The van der Waals surface area contributed by atoms with Crippen molar-refractivity contribution in [3.8, 4) is 10.4 Å². The SMILES string of the molecule is Cc1nc(C(=O)NCCCO)c(-c2ccccc2Cl)s1. The number of nitrogens with one attached hydrogen (secondary N) is 1. The molecule has 1 aromatic carbocycles. The van der Waals surface area contributed by atoms with Gasteiger partial charge in [0.2, 0.25) is 0 Å². The summed E-state index contributed by atoms with van der Waals surface area (Å²) in [7, 11) is 0. The number of aliphatic hydroxyl groups excluding tert-OH is 1. The first-order valence-corrected chi connectivity index (χ1v) is 7.44. The van der Waals surface area contributed by atoms with Gasteiger partial charge in [0.25, 0.3) is 5.91 Å². The third kappa shape index (κ3) is 3.36. The normalized spacial score (nSPS) is 10.6. The molecule has 0 aliphatic heterocycles. The number of aryl methyl sites for hydroxylation is 1. The van der Waals surface area contributed by atoms with Crippen molar-refractivity contribution in [3.63, 3.8) is 0 Å². The molecule has 1 aromatic heterocycles. The maximum absolute atomic E-state index is 12.1. The monoisotopic (exact) mass is 310 g/mol. The van der Waals surface area contributed by atoms with E-state index in [0.717, 1.165) is 15.4 Å². The van der Waals surface area contributed by atoms with Crippen LogP contribution in [0.5, 0.6) is 0 Å². The van der Waals surface area contributed by atoms with Crippen LogP contribution in [0.4, 0.5) is 0 Å². The fraction of sp³-hybridized carbons (Fsp3) is 0.286. The van der Waals surface area contributed by atoms with Crippen LogP contribution in [-0.2, 0) is 0 Å². The largest absolute Gasteiger partial charge is 0.396 e. The number of halogens is 1. The van der Waals surface area contributed by atoms with Crippen molar-refractivity contribution in [2.75, 3.05) is 13.2 Å². The van der Waals surface area contributed by atoms with Crippen molar-refractivity contribution in [2.45, 2.75) is 13.3 Å². The van der Waals surface area contributed by atoms with Crippen molar-refractivity contribution >= 4 is 28.8 Å². The van der Waals surface area contributed by atoms with Crippen LogP contribution in [0, 0.1) is 6.92 Å². The van der Waals surface area contributed by atoms with Crippen molar-refractivity contribution in [1.82, 2.24) is 10.3 Å². The molecule has 106 valence electrons. The third-order valence-electron chi connectivity index (χ3n) is 2.69. The molecule has 0 aliphatic carbocycles. The number of rotatable bonds is 5. The van der Waals surface area contributed by atoms with Gasteiger partial charge in [0.1, 0.15) is 5.69 Å². The molecule has 20 heavy (non-hydrogen) atoms. The van der Waals surface area contributed by atoms with Gasteiger partial charge in [-0.15, -0.1) is 11.3 Å². The second-order valence-corrected chi connectivity index (χ2v) is 5.83. The minimum Gasteiger partial charge on any atom is -0.396 e. The predicted octanol–water partition coefficient (Wildman–Crippen LogP) is 2.88. The number of carbonyl (C=O) groups is 1. The standard InChI is InChI=1S/C14H15ClN2O2S/c1-9-17-12(14(19)16-7-4-8-18)13(20-9)10-5-2-3-6-11(10)15/h2-3,5-6,18H,4,7-8H2,1H3,(H,16,19). The molecule has 4 nitrogen and oxygen atoms in total. The van der Waals surface area contributed by atoms with Gasteiger partial charge >= 0.3 is 0 Å². The molecule has 2 rings (SSSR count). The number of aromatic nitrogens is 1. The molecule has 2 N–H and O–H groups in total. The molecule has 0 spiro atoms. The van der Waals surface area contributed by atoms with Crippen molar-refractivity contribution in [3.05, 3.63) is 40.0 Å². The minimum absolute atomic E-state index is 0.0493. The van der Waals surface area contributed by atoms with Crippen LogP contribution in [0.3, 0.4) is 0 Å². The Morgan fingerprint density at radius 1 is 1.45 bits per heavy atom. The quantitative estimate of drug-likeness (QED) is 0.835. The van der Waals surface area contributed by atoms with Gasteiger partial charge in [-0.3, -0.25) is 4.79 Å². The molecule has 0 saturated carbocycles. The van der Waals surface area contributed by atoms with E-state index in [1.807, 2.05) is 25.1 Å². The van der Waals surface area contributed by atoms with Crippen molar-refractivity contribution in [1.29, 1.82) is 0 Å². The summed E-state index contributed by atoms with van der Waals surface area (Å²) in [4.78, 5) is 17.2. The topological polar surface area (TPSA) is 62.2 Å². The molecule has 0 saturated heterocycles. The summed E-state index contributed by atoms with van der Waals surface area (Å²) < 4.78 is 0. The molecule has 2 aromatic rings. The summed E-state index contributed by atoms with van der Waals surface area (Å²) in [5, 5.41) is 12.9. The highest BCUT2D eigenvalue weighted by Gasteiger charge is 2.19. The zero-order chi connectivity index (χ0) is 14.5. The number of hydrogen-bond donors (Lipinski definition) is 2. The zero-order valence-electron chi connectivity index (χ0n) is 11.0. The maximum Gasteiger partial charge on any atom is 0.271 e. The summed E-state index contributed by atoms with van der Waals surface area (Å²) in [6, 6.07) is 7.39. The van der Waals surface area contributed by atoms with E-state index in [4.69, 9.17) is 16.7 Å². The Balaban J connectivity index is 2.31. The predicted molar refractivity (Wildman–Crippen MR) is 81.3 cm³/mol. The van der Waals surface area contributed by atoms with Crippen LogP contribution < -0.4 is 5.32 Å². The van der Waals surface area contributed by atoms with E-state index in [-0.39, 0.29) is 12.5 Å². The molecule has 6 heteroatoms. The van der Waals surface area contributed by atoms with Gasteiger partial charge in [-0.1, -0.05) is 29.8 Å². The molecule has 0 atom stereocenters. The van der Waals surface area contributed by atoms with E-state index in [9.17, 15) is 4.79 Å². The lowest BCUT2D eigenvalue weighted by atomic mass is 10.1. The van der Waals surface area contributed by atoms with Crippen LogP contribution >= 0.6 is 22.9 Å². The van der Waals surface area contributed by atoms with Gasteiger partial charge in [-0.25, -0.2) is 4.98 Å². The third-order valence-corrected chi connectivity index (χ3v) is 4.02. The highest BCUT2D eigenvalue weighted by molar-refractivity contribution is 7.15. The Morgan fingerprint density at radius 3 is 2.90 bits per heavy atom. The lowest BCUT2D eigenvalue weighted by Crippen LogP contribution is -2.25. The second kappa shape index (κ2) is 6.83. The number of aliphatic hydroxyl groups is 1. The van der Waals surface area contributed by atoms with Crippen molar-refractivity contribution < 1.29 is 9.90 Å². The molecule has 0 unspecified atom stereocenters. The highest BCUT2D eigenvalue weighted by atomic mass is 35.5. The number of carbonyl (C=O) groups excluding carboxylic acids is 1. The highest BCUT2D eigenvalue weighted by Crippen LogP contribution is 2.34. The zero-order valence-corrected chi connectivity index (χ0v) is 12.6. The number of hydrogen-bond acceptors (Lipinski definition) is 4. The number of thiazole rings is 1. The summed E-state index contributed by atoms with van der Waals surface area (Å²) in [5.41, 5.74) is 1.20. The summed E-state index contributed by atoms with van der Waals surface area (Å²) in [6.45, 7) is 2.33. The van der Waals surface area contributed by atoms with Crippen molar-refractivity contribution in [2.24, 2.45) is 0 Å². The molecule has 1 amide bonds. The van der Waals surface area contributed by atoms with Crippen LogP contribution in [0.1, 0.15) is 21.9 Å². The van der Waals surface area contributed by atoms with E-state index in [1.165, 1.54) is 11.3 Å². The molecule has 0 bridgehead atoms. The first kappa shape index (κ1) is 15.0. The van der Waals surface area contributed by atoms with Gasteiger partial charge in [-0.2, -0.15) is 0 Å². The Bertz CT molecular complexity index is 613. The molecular weight excluding hydrogens is 296 g/mol. The second-order valence-electron chi connectivity index (χ2n) is 4.22. The van der Waals surface area contributed by atoms with Crippen LogP contribution in [0.15, 0.2) is 24.3 Å². The van der Waals surface area contributed by atoms with E-state index >= 15 is 0 Å². The van der Waals surface area contributed by atoms with E-state index in [1.54, 1.807) is 6.07 Å². The van der Waals surface area contributed by atoms with Gasteiger partial charge in [0.05, 0.1) is 9.88 Å². The Hall–Kier alpha value is -1.43. The van der Waals surface area contributed by atoms with Gasteiger partial charge < -0.3 is 10.4 Å². The van der Waals surface area contributed by atoms with E-state index in [2.05, 4.69) is 10.3 Å². The van der Waals surface area contributed by atoms with Crippen LogP contribution in [0.25, 0.3) is 10.4 Å². The van der Waals surface area contributed by atoms with E-state index in [0.29, 0.717) is 23.7 Å². The lowest BCUT2D eigenvalue weighted by Gasteiger charge is -2.05.